The third kappa shape index (κ3) is 5.18. The highest BCUT2D eigenvalue weighted by molar-refractivity contribution is 7.71. The van der Waals surface area contributed by atoms with Crippen LogP contribution in [0.25, 0.3) is 0 Å². The minimum atomic E-state index is -0.443. The molecule has 0 saturated carbocycles. The molecule has 1 aromatic rings. The molecule has 130 valence electrons. The maximum Gasteiger partial charge on any atom is 0.264 e. The summed E-state index contributed by atoms with van der Waals surface area (Å²) in [6.07, 6.45) is 2.12. The fraction of sp³-hybridized carbons (Fsp3) is 0.667. The summed E-state index contributed by atoms with van der Waals surface area (Å²) in [5.41, 5.74) is 2.56. The number of likely N-dealkylation sites (N-methyl/N-ethyl adjacent to an activating group) is 1. The van der Waals surface area contributed by atoms with Gasteiger partial charge in [0.15, 0.2) is 4.77 Å². The zero-order chi connectivity index (χ0) is 17.4. The van der Waals surface area contributed by atoms with Gasteiger partial charge in [-0.25, -0.2) is 0 Å². The smallest absolute Gasteiger partial charge is 0.264 e. The Morgan fingerprint density at radius 1 is 1.43 bits per heavy atom. The van der Waals surface area contributed by atoms with E-state index < -0.39 is 5.56 Å². The van der Waals surface area contributed by atoms with Gasteiger partial charge in [-0.05, 0) is 38.7 Å². The summed E-state index contributed by atoms with van der Waals surface area (Å²) >= 11 is 5.12. The second kappa shape index (κ2) is 9.46. The molecule has 1 rings (SSSR count). The summed E-state index contributed by atoms with van der Waals surface area (Å²) in [5.74, 6) is -0.151. The van der Waals surface area contributed by atoms with Gasteiger partial charge in [0, 0.05) is 19.1 Å². The normalized spacial score (nSPS) is 12.9. The molecule has 0 spiro atoms. The highest BCUT2D eigenvalue weighted by Gasteiger charge is 2.14. The Labute approximate surface area is 142 Å². The van der Waals surface area contributed by atoms with Crippen molar-refractivity contribution in [1.29, 1.82) is 0 Å². The Hall–Kier alpha value is -1.67. The van der Waals surface area contributed by atoms with Crippen molar-refractivity contribution in [2.75, 3.05) is 26.2 Å². The largest absolute Gasteiger partial charge is 0.494 e. The van der Waals surface area contributed by atoms with Crippen LogP contribution in [0.3, 0.4) is 0 Å². The van der Waals surface area contributed by atoms with Gasteiger partial charge in [0.05, 0.1) is 6.21 Å². The molecule has 3 N–H and O–H groups in total. The number of aromatic hydroxyl groups is 1. The van der Waals surface area contributed by atoms with Gasteiger partial charge in [0.25, 0.3) is 5.56 Å². The molecule has 0 aliphatic carbocycles. The Balaban J connectivity index is 2.86. The Morgan fingerprint density at radius 3 is 2.65 bits per heavy atom. The molecule has 0 bridgehead atoms. The molecule has 0 aliphatic heterocycles. The topological polar surface area (TPSA) is 85.7 Å². The minimum absolute atomic E-state index is 0.0119. The molecule has 1 atom stereocenters. The summed E-state index contributed by atoms with van der Waals surface area (Å²) in [5, 5.41) is 14.4. The molecule has 0 amide bonds. The van der Waals surface area contributed by atoms with E-state index in [1.165, 1.54) is 10.8 Å². The third-order valence-electron chi connectivity index (χ3n) is 3.90. The Kier molecular flexibility index (Phi) is 7.97. The highest BCUT2D eigenvalue weighted by atomic mass is 32.1. The number of aromatic amines is 1. The van der Waals surface area contributed by atoms with Gasteiger partial charge in [-0.1, -0.05) is 20.8 Å². The average Bonchev–Trinajstić information content (AvgIpc) is 2.52. The van der Waals surface area contributed by atoms with Crippen molar-refractivity contribution in [3.05, 3.63) is 20.7 Å². The number of hydrazone groups is 1. The summed E-state index contributed by atoms with van der Waals surface area (Å²) in [6.45, 7) is 11.6. The quantitative estimate of drug-likeness (QED) is 0.276. The van der Waals surface area contributed by atoms with Gasteiger partial charge < -0.3 is 15.4 Å². The Bertz CT molecular complexity index is 634. The number of nitrogens with zero attached hydrogens (tertiary/aromatic N) is 3. The maximum atomic E-state index is 12.0. The van der Waals surface area contributed by atoms with Crippen LogP contribution in [0.4, 0.5) is 0 Å². The van der Waals surface area contributed by atoms with Crippen LogP contribution in [-0.2, 0) is 0 Å². The van der Waals surface area contributed by atoms with E-state index >= 15 is 0 Å². The molecule has 1 unspecified atom stereocenters. The number of rotatable bonds is 9. The molecule has 23 heavy (non-hydrogen) atoms. The first-order valence-corrected chi connectivity index (χ1v) is 8.43. The molecule has 8 heteroatoms. The van der Waals surface area contributed by atoms with Crippen LogP contribution in [0, 0.1) is 4.77 Å². The van der Waals surface area contributed by atoms with Crippen LogP contribution < -0.4 is 11.0 Å². The number of aromatic nitrogens is 2. The number of hydrogen-bond donors (Lipinski definition) is 3. The zero-order valence-electron chi connectivity index (χ0n) is 14.3. The molecule has 0 aromatic carbocycles. The van der Waals surface area contributed by atoms with Crippen molar-refractivity contribution in [3.63, 3.8) is 0 Å². The average molecular weight is 341 g/mol. The van der Waals surface area contributed by atoms with E-state index in [4.69, 9.17) is 12.2 Å². The van der Waals surface area contributed by atoms with Gasteiger partial charge in [-0.15, -0.1) is 0 Å². The monoisotopic (exact) mass is 341 g/mol. The predicted octanol–water partition coefficient (Wildman–Crippen LogP) is 1.85. The first kappa shape index (κ1) is 19.4. The number of nitrogens with one attached hydrogen (secondary N) is 2. The lowest BCUT2D eigenvalue weighted by Gasteiger charge is -2.17. The fourth-order valence-electron chi connectivity index (χ4n) is 2.18. The van der Waals surface area contributed by atoms with Crippen LogP contribution in [-0.4, -0.2) is 52.0 Å². The molecule has 1 aromatic heterocycles. The van der Waals surface area contributed by atoms with Crippen LogP contribution in [0.5, 0.6) is 5.88 Å². The van der Waals surface area contributed by atoms with Gasteiger partial charge in [-0.2, -0.15) is 5.10 Å². The standard InChI is InChI=1S/C15H27N5O2S/c1-5-11(4)20-14(22)12(13(21)18-15(20)23)10-17-16-8-9-19(6-2)7-3/h10-11,16,22H,5-9H2,1-4H3,(H,18,21,23)/b17-10+. The van der Waals surface area contributed by atoms with Crippen molar-refractivity contribution in [3.8, 4) is 5.88 Å². The lowest BCUT2D eigenvalue weighted by molar-refractivity contribution is 0.303. The lowest BCUT2D eigenvalue weighted by Crippen LogP contribution is -2.30. The van der Waals surface area contributed by atoms with Gasteiger partial charge in [0.2, 0.25) is 5.88 Å². The van der Waals surface area contributed by atoms with E-state index in [1.807, 2.05) is 13.8 Å². The zero-order valence-corrected chi connectivity index (χ0v) is 15.1. The molecule has 0 aliphatic rings. The molecule has 0 radical (unpaired) electrons. The molecule has 0 fully saturated rings. The molecule has 1 heterocycles. The van der Waals surface area contributed by atoms with Crippen LogP contribution in [0.15, 0.2) is 9.90 Å². The van der Waals surface area contributed by atoms with Crippen molar-refractivity contribution >= 4 is 18.4 Å². The summed E-state index contributed by atoms with van der Waals surface area (Å²) in [4.78, 5) is 16.8. The van der Waals surface area contributed by atoms with Crippen molar-refractivity contribution in [1.82, 2.24) is 19.9 Å². The van der Waals surface area contributed by atoms with Crippen molar-refractivity contribution < 1.29 is 5.11 Å². The SMILES string of the molecule is CCC(C)n1c(O)c(/C=N/NCCN(CC)CC)c(=O)[nH]c1=S. The summed E-state index contributed by atoms with van der Waals surface area (Å²) in [6, 6.07) is -0.0119. The molecular formula is C15H27N5O2S. The third-order valence-corrected chi connectivity index (χ3v) is 4.20. The van der Waals surface area contributed by atoms with Gasteiger partial charge in [0.1, 0.15) is 5.56 Å². The minimum Gasteiger partial charge on any atom is -0.494 e. The molecular weight excluding hydrogens is 314 g/mol. The van der Waals surface area contributed by atoms with E-state index in [-0.39, 0.29) is 22.3 Å². The predicted molar refractivity (Wildman–Crippen MR) is 95.9 cm³/mol. The first-order chi connectivity index (χ1) is 11.0. The van der Waals surface area contributed by atoms with E-state index in [0.717, 1.165) is 26.1 Å². The van der Waals surface area contributed by atoms with E-state index in [0.29, 0.717) is 6.54 Å². The van der Waals surface area contributed by atoms with E-state index in [1.54, 1.807) is 0 Å². The van der Waals surface area contributed by atoms with Gasteiger partial charge >= 0.3 is 0 Å². The van der Waals surface area contributed by atoms with Crippen molar-refractivity contribution in [2.24, 2.45) is 5.10 Å². The summed E-state index contributed by atoms with van der Waals surface area (Å²) < 4.78 is 1.75. The molecule has 0 saturated heterocycles. The Morgan fingerprint density at radius 2 is 2.09 bits per heavy atom. The van der Waals surface area contributed by atoms with E-state index in [2.05, 4.69) is 34.3 Å². The van der Waals surface area contributed by atoms with Crippen LogP contribution >= 0.6 is 12.2 Å². The van der Waals surface area contributed by atoms with Gasteiger partial charge in [-0.3, -0.25) is 14.3 Å². The van der Waals surface area contributed by atoms with Crippen molar-refractivity contribution in [2.45, 2.75) is 40.2 Å². The fourth-order valence-corrected chi connectivity index (χ4v) is 2.54. The maximum absolute atomic E-state index is 12.0. The van der Waals surface area contributed by atoms with Crippen LogP contribution in [0.1, 0.15) is 45.7 Å². The second-order valence-electron chi connectivity index (χ2n) is 5.32. The van der Waals surface area contributed by atoms with Crippen LogP contribution in [0.2, 0.25) is 0 Å². The molecule has 7 nitrogen and oxygen atoms in total. The number of H-pyrrole nitrogens is 1. The summed E-state index contributed by atoms with van der Waals surface area (Å²) in [7, 11) is 0. The second-order valence-corrected chi connectivity index (χ2v) is 5.70. The van der Waals surface area contributed by atoms with E-state index in [9.17, 15) is 9.90 Å². The number of hydrogen-bond acceptors (Lipinski definition) is 6. The lowest BCUT2D eigenvalue weighted by atomic mass is 10.2. The first-order valence-electron chi connectivity index (χ1n) is 8.02. The highest BCUT2D eigenvalue weighted by Crippen LogP contribution is 2.19.